The van der Waals surface area contributed by atoms with Crippen molar-refractivity contribution in [3.63, 3.8) is 0 Å². The first-order valence-corrected chi connectivity index (χ1v) is 5.54. The summed E-state index contributed by atoms with van der Waals surface area (Å²) in [5.74, 6) is -2.45. The van der Waals surface area contributed by atoms with Crippen molar-refractivity contribution in [2.75, 3.05) is 5.32 Å². The van der Waals surface area contributed by atoms with Gasteiger partial charge in [0.1, 0.15) is 23.1 Å². The Morgan fingerprint density at radius 1 is 1.11 bits per heavy atom. The molecule has 1 amide bonds. The maximum absolute atomic E-state index is 13.4. The zero-order chi connectivity index (χ0) is 14.0. The lowest BCUT2D eigenvalue weighted by Crippen LogP contribution is -2.15. The van der Waals surface area contributed by atoms with Crippen LogP contribution in [0.3, 0.4) is 0 Å². The molecule has 2 rings (SSSR count). The van der Waals surface area contributed by atoms with E-state index in [-0.39, 0.29) is 11.3 Å². The molecule has 0 aliphatic carbocycles. The first-order chi connectivity index (χ1) is 9.00. The third-order valence-electron chi connectivity index (χ3n) is 2.75. The Labute approximate surface area is 108 Å². The van der Waals surface area contributed by atoms with Crippen LogP contribution in [-0.2, 0) is 0 Å². The molecule has 98 valence electrons. The van der Waals surface area contributed by atoms with E-state index in [1.165, 1.54) is 24.3 Å². The van der Waals surface area contributed by atoms with Crippen molar-refractivity contribution < 1.29 is 18.7 Å². The number of para-hydroxylation sites is 1. The Bertz CT molecular complexity index is 621. The van der Waals surface area contributed by atoms with Gasteiger partial charge in [0, 0.05) is 11.1 Å². The third-order valence-corrected chi connectivity index (χ3v) is 2.75. The van der Waals surface area contributed by atoms with Gasteiger partial charge in [-0.1, -0.05) is 12.1 Å². The summed E-state index contributed by atoms with van der Waals surface area (Å²) in [5, 5.41) is 11.7. The van der Waals surface area contributed by atoms with E-state index in [1.54, 1.807) is 6.92 Å². The van der Waals surface area contributed by atoms with E-state index in [0.717, 1.165) is 12.1 Å². The predicted octanol–water partition coefficient (Wildman–Crippen LogP) is 3.23. The number of aromatic hydroxyl groups is 1. The molecule has 3 nitrogen and oxygen atoms in total. The molecule has 0 aliphatic rings. The maximum Gasteiger partial charge on any atom is 0.256 e. The number of hydrogen-bond donors (Lipinski definition) is 2. The van der Waals surface area contributed by atoms with Gasteiger partial charge in [-0.3, -0.25) is 4.79 Å². The maximum atomic E-state index is 13.4. The van der Waals surface area contributed by atoms with Gasteiger partial charge in [-0.2, -0.15) is 0 Å². The molecule has 0 spiro atoms. The van der Waals surface area contributed by atoms with E-state index in [0.29, 0.717) is 5.56 Å². The largest absolute Gasteiger partial charge is 0.508 e. The number of anilines is 1. The first kappa shape index (κ1) is 13.0. The van der Waals surface area contributed by atoms with Crippen LogP contribution in [0.2, 0.25) is 0 Å². The second kappa shape index (κ2) is 5.06. The van der Waals surface area contributed by atoms with Gasteiger partial charge >= 0.3 is 0 Å². The summed E-state index contributed by atoms with van der Waals surface area (Å²) < 4.78 is 26.8. The van der Waals surface area contributed by atoms with E-state index in [2.05, 4.69) is 5.32 Å². The fourth-order valence-electron chi connectivity index (χ4n) is 1.67. The van der Waals surface area contributed by atoms with Crippen molar-refractivity contribution in [3.8, 4) is 5.75 Å². The molecular weight excluding hydrogens is 252 g/mol. The quantitative estimate of drug-likeness (QED) is 0.873. The number of nitrogens with one attached hydrogen (secondary N) is 1. The fraction of sp³-hybridized carbons (Fsp3) is 0.0714. The van der Waals surface area contributed by atoms with E-state index in [4.69, 9.17) is 0 Å². The summed E-state index contributed by atoms with van der Waals surface area (Å²) in [4.78, 5) is 11.9. The van der Waals surface area contributed by atoms with Crippen molar-refractivity contribution in [2.45, 2.75) is 6.92 Å². The average Bonchev–Trinajstić information content (AvgIpc) is 2.37. The van der Waals surface area contributed by atoms with Gasteiger partial charge in [-0.05, 0) is 31.2 Å². The normalized spacial score (nSPS) is 10.3. The standard InChI is InChI=1S/C14H11F2NO2/c1-8-9(4-2-7-12(8)18)14(19)17-13-10(15)5-3-6-11(13)16/h2-7,18H,1H3,(H,17,19). The number of carbonyl (C=O) groups is 1. The van der Waals surface area contributed by atoms with Crippen LogP contribution in [0.4, 0.5) is 14.5 Å². The van der Waals surface area contributed by atoms with Gasteiger partial charge in [-0.25, -0.2) is 8.78 Å². The highest BCUT2D eigenvalue weighted by Crippen LogP contribution is 2.23. The first-order valence-electron chi connectivity index (χ1n) is 5.54. The van der Waals surface area contributed by atoms with Crippen molar-refractivity contribution in [2.24, 2.45) is 0 Å². The number of rotatable bonds is 2. The smallest absolute Gasteiger partial charge is 0.256 e. The Balaban J connectivity index is 2.34. The number of hydrogen-bond acceptors (Lipinski definition) is 2. The summed E-state index contributed by atoms with van der Waals surface area (Å²) in [6.45, 7) is 1.54. The van der Waals surface area contributed by atoms with Crippen molar-refractivity contribution in [1.82, 2.24) is 0 Å². The number of carbonyl (C=O) groups excluding carboxylic acids is 1. The summed E-state index contributed by atoms with van der Waals surface area (Å²) in [6, 6.07) is 7.68. The van der Waals surface area contributed by atoms with Crippen LogP contribution < -0.4 is 5.32 Å². The Hall–Kier alpha value is -2.43. The molecule has 0 saturated carbocycles. The minimum atomic E-state index is -0.855. The third kappa shape index (κ3) is 2.54. The van der Waals surface area contributed by atoms with Gasteiger partial charge in [0.2, 0.25) is 0 Å². The van der Waals surface area contributed by atoms with Crippen molar-refractivity contribution in [3.05, 3.63) is 59.2 Å². The highest BCUT2D eigenvalue weighted by atomic mass is 19.1. The molecule has 0 fully saturated rings. The number of phenolic OH excluding ortho intramolecular Hbond substituents is 1. The number of benzene rings is 2. The van der Waals surface area contributed by atoms with Crippen LogP contribution in [0.15, 0.2) is 36.4 Å². The van der Waals surface area contributed by atoms with Gasteiger partial charge in [-0.15, -0.1) is 0 Å². The summed E-state index contributed by atoms with van der Waals surface area (Å²) >= 11 is 0. The summed E-state index contributed by atoms with van der Waals surface area (Å²) in [7, 11) is 0. The van der Waals surface area contributed by atoms with Crippen LogP contribution in [-0.4, -0.2) is 11.0 Å². The molecule has 0 saturated heterocycles. The molecule has 2 N–H and O–H groups in total. The predicted molar refractivity (Wildman–Crippen MR) is 67.2 cm³/mol. The second-order valence-electron chi connectivity index (χ2n) is 4.00. The highest BCUT2D eigenvalue weighted by Gasteiger charge is 2.15. The minimum Gasteiger partial charge on any atom is -0.508 e. The second-order valence-corrected chi connectivity index (χ2v) is 4.00. The van der Waals surface area contributed by atoms with E-state index >= 15 is 0 Å². The molecule has 0 atom stereocenters. The van der Waals surface area contributed by atoms with Gasteiger partial charge in [0.05, 0.1) is 0 Å². The lowest BCUT2D eigenvalue weighted by Gasteiger charge is -2.10. The van der Waals surface area contributed by atoms with E-state index in [9.17, 15) is 18.7 Å². The molecule has 2 aromatic rings. The molecule has 0 radical (unpaired) electrons. The molecule has 0 aliphatic heterocycles. The average molecular weight is 263 g/mol. The molecular formula is C14H11F2NO2. The molecule has 0 heterocycles. The fourth-order valence-corrected chi connectivity index (χ4v) is 1.67. The van der Waals surface area contributed by atoms with E-state index in [1.807, 2.05) is 0 Å². The zero-order valence-electron chi connectivity index (χ0n) is 10.1. The molecule has 5 heteroatoms. The van der Waals surface area contributed by atoms with Crippen LogP contribution in [0.1, 0.15) is 15.9 Å². The van der Waals surface area contributed by atoms with Crippen molar-refractivity contribution in [1.29, 1.82) is 0 Å². The molecule has 0 aromatic heterocycles. The molecule has 0 bridgehead atoms. The number of amides is 1. The SMILES string of the molecule is Cc1c(O)cccc1C(=O)Nc1c(F)cccc1F. The lowest BCUT2D eigenvalue weighted by atomic mass is 10.1. The summed E-state index contributed by atoms with van der Waals surface area (Å²) in [6.07, 6.45) is 0. The molecule has 19 heavy (non-hydrogen) atoms. The van der Waals surface area contributed by atoms with Gasteiger partial charge in [0.15, 0.2) is 0 Å². The van der Waals surface area contributed by atoms with Gasteiger partial charge < -0.3 is 10.4 Å². The number of phenols is 1. The highest BCUT2D eigenvalue weighted by molar-refractivity contribution is 6.05. The van der Waals surface area contributed by atoms with Crippen LogP contribution in [0, 0.1) is 18.6 Å². The molecule has 0 unspecified atom stereocenters. The monoisotopic (exact) mass is 263 g/mol. The lowest BCUT2D eigenvalue weighted by molar-refractivity contribution is 0.102. The number of halogens is 2. The van der Waals surface area contributed by atoms with E-state index < -0.39 is 23.2 Å². The summed E-state index contributed by atoms with van der Waals surface area (Å²) in [5.41, 5.74) is -0.00496. The van der Waals surface area contributed by atoms with Crippen LogP contribution in [0.5, 0.6) is 5.75 Å². The Morgan fingerprint density at radius 2 is 1.68 bits per heavy atom. The topological polar surface area (TPSA) is 49.3 Å². The van der Waals surface area contributed by atoms with Crippen LogP contribution in [0.25, 0.3) is 0 Å². The van der Waals surface area contributed by atoms with Crippen molar-refractivity contribution >= 4 is 11.6 Å². The minimum absolute atomic E-state index is 0.0540. The van der Waals surface area contributed by atoms with Crippen LogP contribution >= 0.6 is 0 Å². The zero-order valence-corrected chi connectivity index (χ0v) is 10.1. The molecule has 2 aromatic carbocycles. The Kier molecular flexibility index (Phi) is 3.46. The van der Waals surface area contributed by atoms with Gasteiger partial charge in [0.25, 0.3) is 5.91 Å². The Morgan fingerprint density at radius 3 is 2.32 bits per heavy atom.